The number of amides is 1. The standard InChI is InChI=1S/C20H35N5O2S.HI/c1-14-15(2)28-17(24-14)10-11-22-18(21-6)23-13-16-9-7-8-12-25(16)19(26)27-20(3,4)5;/h16H,7-13H2,1-6H3,(H2,21,22,23);1H. The average molecular weight is 538 g/mol. The van der Waals surface area contributed by atoms with Gasteiger partial charge >= 0.3 is 6.09 Å². The Hall–Kier alpha value is -1.10. The highest BCUT2D eigenvalue weighted by Gasteiger charge is 2.30. The molecule has 1 aliphatic heterocycles. The first-order chi connectivity index (χ1) is 13.2. The molecule has 1 saturated heterocycles. The molecule has 2 heterocycles. The second-order valence-corrected chi connectivity index (χ2v) is 9.49. The van der Waals surface area contributed by atoms with Crippen molar-refractivity contribution in [1.29, 1.82) is 0 Å². The fourth-order valence-corrected chi connectivity index (χ4v) is 4.08. The Morgan fingerprint density at radius 3 is 2.62 bits per heavy atom. The zero-order valence-corrected chi connectivity index (χ0v) is 21.6. The molecule has 2 N–H and O–H groups in total. The summed E-state index contributed by atoms with van der Waals surface area (Å²) >= 11 is 1.75. The lowest BCUT2D eigenvalue weighted by Gasteiger charge is -2.37. The van der Waals surface area contributed by atoms with Crippen LogP contribution in [0.25, 0.3) is 0 Å². The van der Waals surface area contributed by atoms with E-state index in [0.29, 0.717) is 6.54 Å². The van der Waals surface area contributed by atoms with Crippen molar-refractivity contribution in [1.82, 2.24) is 20.5 Å². The first-order valence-corrected chi connectivity index (χ1v) is 10.9. The molecule has 166 valence electrons. The number of carbonyl (C=O) groups excluding carboxylic acids is 1. The van der Waals surface area contributed by atoms with E-state index < -0.39 is 5.60 Å². The van der Waals surface area contributed by atoms with E-state index in [4.69, 9.17) is 4.74 Å². The number of aromatic nitrogens is 1. The maximum Gasteiger partial charge on any atom is 0.410 e. The summed E-state index contributed by atoms with van der Waals surface area (Å²) in [6.07, 6.45) is 3.76. The van der Waals surface area contributed by atoms with E-state index in [9.17, 15) is 4.79 Å². The molecular weight excluding hydrogens is 501 g/mol. The molecule has 0 aromatic carbocycles. The smallest absolute Gasteiger partial charge is 0.410 e. The molecule has 29 heavy (non-hydrogen) atoms. The third-order valence-corrected chi connectivity index (χ3v) is 5.82. The highest BCUT2D eigenvalue weighted by molar-refractivity contribution is 14.0. The van der Waals surface area contributed by atoms with Gasteiger partial charge in [0, 0.05) is 38.0 Å². The van der Waals surface area contributed by atoms with E-state index >= 15 is 0 Å². The summed E-state index contributed by atoms with van der Waals surface area (Å²) in [5, 5.41) is 7.84. The monoisotopic (exact) mass is 537 g/mol. The minimum Gasteiger partial charge on any atom is -0.444 e. The Bertz CT molecular complexity index is 667. The number of halogens is 1. The van der Waals surface area contributed by atoms with E-state index in [-0.39, 0.29) is 36.1 Å². The van der Waals surface area contributed by atoms with Gasteiger partial charge in [-0.2, -0.15) is 0 Å². The van der Waals surface area contributed by atoms with Crippen molar-refractivity contribution in [3.05, 3.63) is 15.6 Å². The van der Waals surface area contributed by atoms with Gasteiger partial charge in [0.25, 0.3) is 0 Å². The lowest BCUT2D eigenvalue weighted by atomic mass is 10.0. The number of carbonyl (C=O) groups is 1. The molecule has 0 radical (unpaired) electrons. The van der Waals surface area contributed by atoms with Gasteiger partial charge in [-0.15, -0.1) is 35.3 Å². The van der Waals surface area contributed by atoms with Crippen LogP contribution in [0.3, 0.4) is 0 Å². The largest absolute Gasteiger partial charge is 0.444 e. The molecule has 1 atom stereocenters. The van der Waals surface area contributed by atoms with Crippen LogP contribution in [0.2, 0.25) is 0 Å². The molecule has 2 rings (SSSR count). The molecule has 0 spiro atoms. The number of hydrogen-bond donors (Lipinski definition) is 2. The van der Waals surface area contributed by atoms with Crippen molar-refractivity contribution in [2.45, 2.75) is 71.9 Å². The molecule has 1 aromatic heterocycles. The van der Waals surface area contributed by atoms with Crippen LogP contribution in [0.5, 0.6) is 0 Å². The Morgan fingerprint density at radius 1 is 1.31 bits per heavy atom. The second kappa shape index (κ2) is 11.9. The van der Waals surface area contributed by atoms with E-state index in [1.165, 1.54) is 4.88 Å². The molecule has 1 fully saturated rings. The van der Waals surface area contributed by atoms with Gasteiger partial charge in [0.1, 0.15) is 5.60 Å². The summed E-state index contributed by atoms with van der Waals surface area (Å²) in [4.78, 5) is 24.5. The van der Waals surface area contributed by atoms with E-state index in [0.717, 1.165) is 55.4 Å². The number of hydrogen-bond acceptors (Lipinski definition) is 5. The third-order valence-electron chi connectivity index (χ3n) is 4.69. The van der Waals surface area contributed by atoms with Crippen LogP contribution in [0.1, 0.15) is 55.6 Å². The van der Waals surface area contributed by atoms with Crippen LogP contribution in [0, 0.1) is 13.8 Å². The van der Waals surface area contributed by atoms with E-state index in [2.05, 4.69) is 27.5 Å². The Balaban J connectivity index is 0.00000420. The van der Waals surface area contributed by atoms with Crippen molar-refractivity contribution < 1.29 is 9.53 Å². The fourth-order valence-electron chi connectivity index (χ4n) is 3.14. The number of nitrogens with one attached hydrogen (secondary N) is 2. The predicted octanol–water partition coefficient (Wildman–Crippen LogP) is 3.88. The van der Waals surface area contributed by atoms with Gasteiger partial charge in [0.15, 0.2) is 5.96 Å². The maximum absolute atomic E-state index is 12.5. The summed E-state index contributed by atoms with van der Waals surface area (Å²) in [6.45, 7) is 12.0. The van der Waals surface area contributed by atoms with Gasteiger partial charge in [-0.1, -0.05) is 0 Å². The lowest BCUT2D eigenvalue weighted by molar-refractivity contribution is 0.0104. The minimum atomic E-state index is -0.476. The van der Waals surface area contributed by atoms with E-state index in [1.54, 1.807) is 18.4 Å². The molecule has 1 aromatic rings. The molecule has 7 nitrogen and oxygen atoms in total. The number of ether oxygens (including phenoxy) is 1. The molecule has 1 amide bonds. The number of nitrogens with zero attached hydrogens (tertiary/aromatic N) is 3. The van der Waals surface area contributed by atoms with Gasteiger partial charge in [-0.3, -0.25) is 4.99 Å². The van der Waals surface area contributed by atoms with Crippen LogP contribution in [-0.4, -0.2) is 60.3 Å². The zero-order chi connectivity index (χ0) is 20.7. The number of guanidine groups is 1. The maximum atomic E-state index is 12.5. The molecule has 0 bridgehead atoms. The SMILES string of the molecule is CN=C(NCCc1nc(C)c(C)s1)NCC1CCCCN1C(=O)OC(C)(C)C.I. The minimum absolute atomic E-state index is 0. The van der Waals surface area contributed by atoms with Gasteiger partial charge in [-0.25, -0.2) is 9.78 Å². The van der Waals surface area contributed by atoms with Gasteiger partial charge in [0.05, 0.1) is 16.7 Å². The molecule has 1 unspecified atom stereocenters. The summed E-state index contributed by atoms with van der Waals surface area (Å²) < 4.78 is 5.57. The van der Waals surface area contributed by atoms with E-state index in [1.807, 2.05) is 32.6 Å². The highest BCUT2D eigenvalue weighted by Crippen LogP contribution is 2.20. The molecule has 0 saturated carbocycles. The number of thiazole rings is 1. The van der Waals surface area contributed by atoms with Crippen molar-refractivity contribution in [2.24, 2.45) is 4.99 Å². The Labute approximate surface area is 196 Å². The summed E-state index contributed by atoms with van der Waals surface area (Å²) in [7, 11) is 1.76. The molecule has 9 heteroatoms. The number of rotatable bonds is 5. The second-order valence-electron chi connectivity index (χ2n) is 8.20. The predicted molar refractivity (Wildman–Crippen MR) is 131 cm³/mol. The highest BCUT2D eigenvalue weighted by atomic mass is 127. The van der Waals surface area contributed by atoms with Crippen molar-refractivity contribution in [2.75, 3.05) is 26.7 Å². The van der Waals surface area contributed by atoms with Crippen LogP contribution < -0.4 is 10.6 Å². The number of likely N-dealkylation sites (tertiary alicyclic amines) is 1. The average Bonchev–Trinajstić information content (AvgIpc) is 2.94. The molecule has 0 aliphatic carbocycles. The van der Waals surface area contributed by atoms with Crippen LogP contribution >= 0.6 is 35.3 Å². The molecular formula is C20H36IN5O2S. The van der Waals surface area contributed by atoms with Crippen LogP contribution in [0.15, 0.2) is 4.99 Å². The normalized spacial score (nSPS) is 17.5. The van der Waals surface area contributed by atoms with Crippen LogP contribution in [0.4, 0.5) is 4.79 Å². The topological polar surface area (TPSA) is 78.9 Å². The zero-order valence-electron chi connectivity index (χ0n) is 18.5. The first kappa shape index (κ1) is 25.9. The molecule has 1 aliphatic rings. The summed E-state index contributed by atoms with van der Waals surface area (Å²) in [5.41, 5.74) is 0.637. The van der Waals surface area contributed by atoms with Crippen molar-refractivity contribution in [3.63, 3.8) is 0 Å². The number of aryl methyl sites for hydroxylation is 2. The van der Waals surface area contributed by atoms with Gasteiger partial charge in [0.2, 0.25) is 0 Å². The Kier molecular flexibility index (Phi) is 10.7. The number of aliphatic imine (C=N–C) groups is 1. The summed E-state index contributed by atoms with van der Waals surface area (Å²) in [5.74, 6) is 0.750. The van der Waals surface area contributed by atoms with Crippen LogP contribution in [-0.2, 0) is 11.2 Å². The quantitative estimate of drug-likeness (QED) is 0.339. The van der Waals surface area contributed by atoms with Gasteiger partial charge in [-0.05, 0) is 53.9 Å². The van der Waals surface area contributed by atoms with Crippen molar-refractivity contribution in [3.8, 4) is 0 Å². The Morgan fingerprint density at radius 2 is 2.03 bits per heavy atom. The first-order valence-electron chi connectivity index (χ1n) is 10.1. The number of piperidine rings is 1. The fraction of sp³-hybridized carbons (Fsp3) is 0.750. The van der Waals surface area contributed by atoms with Gasteiger partial charge < -0.3 is 20.3 Å². The third kappa shape index (κ3) is 8.65. The summed E-state index contributed by atoms with van der Waals surface area (Å²) in [6, 6.07) is 0.117. The van der Waals surface area contributed by atoms with Crippen molar-refractivity contribution >= 4 is 47.4 Å². The lowest BCUT2D eigenvalue weighted by Crippen LogP contribution is -2.52.